The van der Waals surface area contributed by atoms with E-state index in [1.807, 2.05) is 54.6 Å². The molecule has 0 saturated carbocycles. The molecule has 25 heavy (non-hydrogen) atoms. The molecule has 0 radical (unpaired) electrons. The quantitative estimate of drug-likeness (QED) is 0.544. The number of hydrogen-bond acceptors (Lipinski definition) is 3. The molecule has 3 aromatic rings. The van der Waals surface area contributed by atoms with Gasteiger partial charge in [-0.2, -0.15) is 0 Å². The molecular weight excluding hydrogens is 310 g/mol. The van der Waals surface area contributed by atoms with Crippen LogP contribution < -0.4 is 10.5 Å². The predicted molar refractivity (Wildman–Crippen MR) is 101 cm³/mol. The third-order valence-electron chi connectivity index (χ3n) is 3.87. The Kier molecular flexibility index (Phi) is 5.42. The van der Waals surface area contributed by atoms with Crippen molar-refractivity contribution in [3.63, 3.8) is 0 Å². The highest BCUT2D eigenvalue weighted by Gasteiger charge is 2.06. The zero-order chi connectivity index (χ0) is 17.5. The monoisotopic (exact) mass is 331 g/mol. The Balaban J connectivity index is 1.74. The van der Waals surface area contributed by atoms with Crippen molar-refractivity contribution in [3.05, 3.63) is 89.6 Å². The molecule has 0 fully saturated rings. The van der Waals surface area contributed by atoms with Crippen LogP contribution >= 0.6 is 0 Å². The Morgan fingerprint density at radius 3 is 2.56 bits per heavy atom. The van der Waals surface area contributed by atoms with Gasteiger partial charge in [-0.25, -0.2) is 9.98 Å². The number of hydrogen-bond donors (Lipinski definition) is 1. The van der Waals surface area contributed by atoms with E-state index in [0.717, 1.165) is 11.1 Å². The Bertz CT molecular complexity index is 860. The van der Waals surface area contributed by atoms with E-state index in [0.29, 0.717) is 30.4 Å². The molecular formula is C21H21N3O. The molecule has 2 aromatic carbocycles. The summed E-state index contributed by atoms with van der Waals surface area (Å²) in [4.78, 5) is 8.75. The summed E-state index contributed by atoms with van der Waals surface area (Å²) < 4.78 is 5.93. The first-order valence-corrected chi connectivity index (χ1v) is 8.21. The van der Waals surface area contributed by atoms with Gasteiger partial charge in [-0.05, 0) is 35.7 Å². The molecule has 126 valence electrons. The predicted octanol–water partition coefficient (Wildman–Crippen LogP) is 4.20. The molecule has 0 bridgehead atoms. The fraction of sp³-hybridized carbons (Fsp3) is 0.143. The highest BCUT2D eigenvalue weighted by atomic mass is 16.5. The minimum atomic E-state index is 0.472. The van der Waals surface area contributed by atoms with Crippen molar-refractivity contribution < 1.29 is 4.74 Å². The molecule has 2 N–H and O–H groups in total. The lowest BCUT2D eigenvalue weighted by Crippen LogP contribution is -2.14. The van der Waals surface area contributed by atoms with Gasteiger partial charge in [0, 0.05) is 12.6 Å². The number of nitrogens with zero attached hydrogens (tertiary/aromatic N) is 2. The fourth-order valence-electron chi connectivity index (χ4n) is 2.49. The maximum Gasteiger partial charge on any atom is 0.196 e. The van der Waals surface area contributed by atoms with Gasteiger partial charge in [0.25, 0.3) is 0 Å². The van der Waals surface area contributed by atoms with E-state index >= 15 is 0 Å². The van der Waals surface area contributed by atoms with Crippen LogP contribution in [0.4, 0.5) is 5.82 Å². The summed E-state index contributed by atoms with van der Waals surface area (Å²) in [6.07, 6.45) is 2.27. The molecule has 0 unspecified atom stereocenters. The molecule has 4 heteroatoms. The number of amidine groups is 1. The summed E-state index contributed by atoms with van der Waals surface area (Å²) in [5.41, 5.74) is 9.54. The first kappa shape index (κ1) is 16.7. The lowest BCUT2D eigenvalue weighted by atomic mass is 10.1. The van der Waals surface area contributed by atoms with E-state index in [9.17, 15) is 0 Å². The summed E-state index contributed by atoms with van der Waals surface area (Å²) in [6.45, 7) is 2.54. The third kappa shape index (κ3) is 4.67. The van der Waals surface area contributed by atoms with Gasteiger partial charge in [-0.1, -0.05) is 54.6 Å². The van der Waals surface area contributed by atoms with E-state index in [4.69, 9.17) is 10.5 Å². The summed E-state index contributed by atoms with van der Waals surface area (Å²) in [5.74, 6) is 1.64. The standard InChI is InChI=1S/C21H21N3O/c1-16-8-5-6-11-18(16)15-25-19-12-7-13-23-21(19)24-20(22)14-17-9-3-2-4-10-17/h2-13H,14-15H2,1H3,(H2,22,23,24). The number of aryl methyl sites for hydroxylation is 1. The van der Waals surface area contributed by atoms with Gasteiger partial charge in [0.1, 0.15) is 12.4 Å². The van der Waals surface area contributed by atoms with Crippen LogP contribution in [-0.4, -0.2) is 10.8 Å². The lowest BCUT2D eigenvalue weighted by Gasteiger charge is -2.10. The molecule has 0 aliphatic rings. The number of ether oxygens (including phenoxy) is 1. The van der Waals surface area contributed by atoms with Crippen LogP contribution in [0.5, 0.6) is 5.75 Å². The van der Waals surface area contributed by atoms with Crippen molar-refractivity contribution >= 4 is 11.7 Å². The van der Waals surface area contributed by atoms with Crippen LogP contribution in [0.15, 0.2) is 77.9 Å². The van der Waals surface area contributed by atoms with E-state index in [-0.39, 0.29) is 0 Å². The molecule has 0 aliphatic heterocycles. The number of pyridine rings is 1. The average molecular weight is 331 g/mol. The second-order valence-corrected chi connectivity index (χ2v) is 5.81. The molecule has 0 atom stereocenters. The molecule has 0 spiro atoms. The summed E-state index contributed by atoms with van der Waals surface area (Å²) in [5, 5.41) is 0. The zero-order valence-corrected chi connectivity index (χ0v) is 14.2. The topological polar surface area (TPSA) is 60.5 Å². The maximum absolute atomic E-state index is 6.09. The van der Waals surface area contributed by atoms with Gasteiger partial charge in [-0.15, -0.1) is 0 Å². The van der Waals surface area contributed by atoms with E-state index in [1.54, 1.807) is 6.20 Å². The summed E-state index contributed by atoms with van der Waals surface area (Å²) >= 11 is 0. The number of nitrogens with two attached hydrogens (primary N) is 1. The highest BCUT2D eigenvalue weighted by molar-refractivity contribution is 5.85. The van der Waals surface area contributed by atoms with Crippen molar-refractivity contribution in [1.29, 1.82) is 0 Å². The molecule has 0 amide bonds. The lowest BCUT2D eigenvalue weighted by molar-refractivity contribution is 0.305. The van der Waals surface area contributed by atoms with Crippen LogP contribution in [0.1, 0.15) is 16.7 Å². The maximum atomic E-state index is 6.09. The van der Waals surface area contributed by atoms with Crippen LogP contribution in [0.3, 0.4) is 0 Å². The van der Waals surface area contributed by atoms with Crippen molar-refractivity contribution in [1.82, 2.24) is 4.98 Å². The normalized spacial score (nSPS) is 11.3. The minimum Gasteiger partial charge on any atom is -0.485 e. The van der Waals surface area contributed by atoms with Gasteiger partial charge < -0.3 is 10.5 Å². The summed E-state index contributed by atoms with van der Waals surface area (Å²) in [6, 6.07) is 21.8. The number of rotatable bonds is 6. The first-order valence-electron chi connectivity index (χ1n) is 8.21. The average Bonchev–Trinajstić information content (AvgIpc) is 2.63. The van der Waals surface area contributed by atoms with Gasteiger partial charge in [0.15, 0.2) is 11.6 Å². The van der Waals surface area contributed by atoms with E-state index < -0.39 is 0 Å². The van der Waals surface area contributed by atoms with Crippen molar-refractivity contribution in [3.8, 4) is 5.75 Å². The number of aromatic nitrogens is 1. The summed E-state index contributed by atoms with van der Waals surface area (Å²) in [7, 11) is 0. The first-order chi connectivity index (χ1) is 12.2. The third-order valence-corrected chi connectivity index (χ3v) is 3.87. The molecule has 0 saturated heterocycles. The fourth-order valence-corrected chi connectivity index (χ4v) is 2.49. The molecule has 4 nitrogen and oxygen atoms in total. The van der Waals surface area contributed by atoms with Crippen LogP contribution in [0, 0.1) is 6.92 Å². The number of aliphatic imine (C=N–C) groups is 1. The van der Waals surface area contributed by atoms with Crippen molar-refractivity contribution in [2.75, 3.05) is 0 Å². The second-order valence-electron chi connectivity index (χ2n) is 5.81. The van der Waals surface area contributed by atoms with Gasteiger partial charge in [-0.3, -0.25) is 0 Å². The van der Waals surface area contributed by atoms with E-state index in [2.05, 4.69) is 29.0 Å². The van der Waals surface area contributed by atoms with E-state index in [1.165, 1.54) is 5.56 Å². The Labute approximate surface area is 148 Å². The molecule has 1 heterocycles. The van der Waals surface area contributed by atoms with Gasteiger partial charge >= 0.3 is 0 Å². The smallest absolute Gasteiger partial charge is 0.196 e. The molecule has 3 rings (SSSR count). The zero-order valence-electron chi connectivity index (χ0n) is 14.2. The largest absolute Gasteiger partial charge is 0.485 e. The van der Waals surface area contributed by atoms with Crippen LogP contribution in [0.2, 0.25) is 0 Å². The molecule has 0 aliphatic carbocycles. The van der Waals surface area contributed by atoms with Gasteiger partial charge in [0.05, 0.1) is 0 Å². The van der Waals surface area contributed by atoms with Crippen molar-refractivity contribution in [2.24, 2.45) is 10.7 Å². The van der Waals surface area contributed by atoms with Crippen LogP contribution in [0.25, 0.3) is 0 Å². The molecule has 1 aromatic heterocycles. The minimum absolute atomic E-state index is 0.472. The van der Waals surface area contributed by atoms with Crippen LogP contribution in [-0.2, 0) is 13.0 Å². The Hall–Kier alpha value is -3.14. The Morgan fingerprint density at radius 2 is 1.76 bits per heavy atom. The highest BCUT2D eigenvalue weighted by Crippen LogP contribution is 2.25. The van der Waals surface area contributed by atoms with Crippen molar-refractivity contribution in [2.45, 2.75) is 20.0 Å². The second kappa shape index (κ2) is 8.11. The SMILES string of the molecule is Cc1ccccc1COc1cccnc1/N=C(\N)Cc1ccccc1. The Morgan fingerprint density at radius 1 is 1.00 bits per heavy atom. The number of benzene rings is 2. The van der Waals surface area contributed by atoms with Gasteiger partial charge in [0.2, 0.25) is 0 Å².